The Morgan fingerprint density at radius 3 is 2.74 bits per heavy atom. The summed E-state index contributed by atoms with van der Waals surface area (Å²) in [7, 11) is 1.65. The molecule has 1 unspecified atom stereocenters. The molecule has 6 heteroatoms. The van der Waals surface area contributed by atoms with E-state index in [2.05, 4.69) is 55.2 Å². The Kier molecular flexibility index (Phi) is 5.38. The van der Waals surface area contributed by atoms with Gasteiger partial charge in [0.15, 0.2) is 0 Å². The maximum absolute atomic E-state index is 5.24. The number of thiophene rings is 1. The van der Waals surface area contributed by atoms with E-state index in [1.165, 1.54) is 4.88 Å². The summed E-state index contributed by atoms with van der Waals surface area (Å²) in [6, 6.07) is 4.27. The van der Waals surface area contributed by atoms with E-state index in [1.807, 2.05) is 12.3 Å². The minimum atomic E-state index is 0.125. The first-order valence-corrected chi connectivity index (χ1v) is 8.23. The molecule has 0 aromatic carbocycles. The molecule has 1 N–H and O–H groups in total. The molecule has 0 saturated heterocycles. The summed E-state index contributed by atoms with van der Waals surface area (Å²) >= 11 is 8.78. The fourth-order valence-corrected chi connectivity index (χ4v) is 3.99. The van der Waals surface area contributed by atoms with Crippen molar-refractivity contribution in [2.24, 2.45) is 0 Å². The lowest BCUT2D eigenvalue weighted by atomic mass is 10.1. The number of nitrogens with one attached hydrogen (secondary N) is 1. The molecule has 3 nitrogen and oxygen atoms in total. The first-order chi connectivity index (χ1) is 9.15. The van der Waals surface area contributed by atoms with Gasteiger partial charge in [-0.15, -0.1) is 11.3 Å². The van der Waals surface area contributed by atoms with Crippen LogP contribution in [0.25, 0.3) is 0 Å². The molecule has 2 rings (SSSR count). The summed E-state index contributed by atoms with van der Waals surface area (Å²) in [5.74, 6) is 0.773. The molecule has 2 heterocycles. The molecule has 0 aliphatic carbocycles. The average molecular weight is 406 g/mol. The number of halogens is 2. The van der Waals surface area contributed by atoms with Crippen molar-refractivity contribution in [2.45, 2.75) is 13.0 Å². The summed E-state index contributed by atoms with van der Waals surface area (Å²) in [6.45, 7) is 2.98. The number of hydrogen-bond donors (Lipinski definition) is 1. The maximum atomic E-state index is 5.24. The summed E-state index contributed by atoms with van der Waals surface area (Å²) in [6.07, 6.45) is 3.59. The first kappa shape index (κ1) is 15.0. The Hall–Kier alpha value is -0.430. The fourth-order valence-electron chi connectivity index (χ4n) is 1.80. The highest BCUT2D eigenvalue weighted by atomic mass is 79.9. The van der Waals surface area contributed by atoms with Gasteiger partial charge < -0.3 is 10.1 Å². The largest absolute Gasteiger partial charge is 0.495 e. The van der Waals surface area contributed by atoms with Crippen LogP contribution in [0.5, 0.6) is 5.75 Å². The number of ether oxygens (including phenoxy) is 1. The Morgan fingerprint density at radius 1 is 1.37 bits per heavy atom. The first-order valence-electron chi connectivity index (χ1n) is 5.82. The van der Waals surface area contributed by atoms with Crippen molar-refractivity contribution in [1.82, 2.24) is 10.3 Å². The molecule has 0 aliphatic heterocycles. The van der Waals surface area contributed by atoms with Crippen molar-refractivity contribution in [3.05, 3.63) is 43.2 Å². The van der Waals surface area contributed by atoms with Gasteiger partial charge in [-0.05, 0) is 56.1 Å². The van der Waals surface area contributed by atoms with E-state index in [4.69, 9.17) is 4.74 Å². The second kappa shape index (κ2) is 6.83. The van der Waals surface area contributed by atoms with Crippen molar-refractivity contribution in [2.75, 3.05) is 13.7 Å². The Bertz CT molecular complexity index is 540. The fraction of sp³-hybridized carbons (Fsp3) is 0.308. The molecule has 0 spiro atoms. The van der Waals surface area contributed by atoms with Gasteiger partial charge in [-0.2, -0.15) is 0 Å². The zero-order valence-corrected chi connectivity index (χ0v) is 14.6. The van der Waals surface area contributed by atoms with Gasteiger partial charge in [0.2, 0.25) is 0 Å². The van der Waals surface area contributed by atoms with E-state index in [9.17, 15) is 0 Å². The van der Waals surface area contributed by atoms with Crippen LogP contribution in [0, 0.1) is 0 Å². The smallest absolute Gasteiger partial charge is 0.137 e. The van der Waals surface area contributed by atoms with Crippen LogP contribution in [-0.2, 0) is 0 Å². The number of aromatic nitrogens is 1. The van der Waals surface area contributed by atoms with Crippen molar-refractivity contribution in [3.63, 3.8) is 0 Å². The second-order valence-electron chi connectivity index (χ2n) is 3.92. The lowest BCUT2D eigenvalue weighted by molar-refractivity contribution is 0.411. The number of rotatable bonds is 5. The molecular weight excluding hydrogens is 392 g/mol. The molecule has 0 aliphatic rings. The van der Waals surface area contributed by atoms with Crippen molar-refractivity contribution >= 4 is 43.2 Å². The van der Waals surface area contributed by atoms with Gasteiger partial charge in [0, 0.05) is 15.5 Å². The molecular formula is C13H14Br2N2OS. The van der Waals surface area contributed by atoms with Crippen molar-refractivity contribution in [3.8, 4) is 5.75 Å². The summed E-state index contributed by atoms with van der Waals surface area (Å²) < 4.78 is 7.42. The van der Waals surface area contributed by atoms with Crippen molar-refractivity contribution < 1.29 is 4.74 Å². The molecule has 0 amide bonds. The zero-order valence-electron chi connectivity index (χ0n) is 10.6. The normalized spacial score (nSPS) is 12.4. The highest BCUT2D eigenvalue weighted by Crippen LogP contribution is 2.37. The molecule has 1 atom stereocenters. The number of pyridine rings is 1. The SMILES string of the molecule is CCNC(c1cncc(OC)c1)c1cc(Br)c(Br)s1. The summed E-state index contributed by atoms with van der Waals surface area (Å²) in [5, 5.41) is 3.48. The minimum Gasteiger partial charge on any atom is -0.495 e. The van der Waals surface area contributed by atoms with Gasteiger partial charge in [-0.25, -0.2) is 0 Å². The Balaban J connectivity index is 2.38. The third-order valence-corrected chi connectivity index (χ3v) is 5.98. The predicted molar refractivity (Wildman–Crippen MR) is 86.0 cm³/mol. The highest BCUT2D eigenvalue weighted by molar-refractivity contribution is 9.13. The predicted octanol–water partition coefficient (Wildman–Crippen LogP) is 4.38. The van der Waals surface area contributed by atoms with Crippen molar-refractivity contribution in [1.29, 1.82) is 0 Å². The second-order valence-corrected chi connectivity index (χ2v) is 7.18. The van der Waals surface area contributed by atoms with E-state index in [0.29, 0.717) is 0 Å². The van der Waals surface area contributed by atoms with Crippen LogP contribution >= 0.6 is 43.2 Å². The van der Waals surface area contributed by atoms with E-state index in [-0.39, 0.29) is 6.04 Å². The van der Waals surface area contributed by atoms with Crippen LogP contribution in [0.4, 0.5) is 0 Å². The van der Waals surface area contributed by atoms with Gasteiger partial charge in [0.25, 0.3) is 0 Å². The monoisotopic (exact) mass is 404 g/mol. The number of hydrogen-bond acceptors (Lipinski definition) is 4. The van der Waals surface area contributed by atoms with Crippen LogP contribution < -0.4 is 10.1 Å². The van der Waals surface area contributed by atoms with Gasteiger partial charge in [0.1, 0.15) is 5.75 Å². The van der Waals surface area contributed by atoms with Gasteiger partial charge >= 0.3 is 0 Å². The van der Waals surface area contributed by atoms with Crippen LogP contribution in [0.1, 0.15) is 23.4 Å². The van der Waals surface area contributed by atoms with Crippen LogP contribution in [-0.4, -0.2) is 18.6 Å². The van der Waals surface area contributed by atoms with Gasteiger partial charge in [-0.3, -0.25) is 4.98 Å². The molecule has 0 fully saturated rings. The Labute approximate surface area is 133 Å². The van der Waals surface area contributed by atoms with Gasteiger partial charge in [0.05, 0.1) is 23.1 Å². The minimum absolute atomic E-state index is 0.125. The van der Waals surface area contributed by atoms with E-state index >= 15 is 0 Å². The van der Waals surface area contributed by atoms with E-state index in [1.54, 1.807) is 24.6 Å². The molecule has 2 aromatic rings. The zero-order chi connectivity index (χ0) is 13.8. The quantitative estimate of drug-likeness (QED) is 0.801. The molecule has 0 saturated carbocycles. The molecule has 0 radical (unpaired) electrons. The van der Waals surface area contributed by atoms with E-state index in [0.717, 1.165) is 26.1 Å². The number of nitrogens with zero attached hydrogens (tertiary/aromatic N) is 1. The van der Waals surface area contributed by atoms with Gasteiger partial charge in [-0.1, -0.05) is 6.92 Å². The lowest BCUT2D eigenvalue weighted by Crippen LogP contribution is -2.21. The molecule has 0 bridgehead atoms. The maximum Gasteiger partial charge on any atom is 0.137 e. The van der Waals surface area contributed by atoms with Crippen LogP contribution in [0.2, 0.25) is 0 Å². The third kappa shape index (κ3) is 3.56. The summed E-state index contributed by atoms with van der Waals surface area (Å²) in [4.78, 5) is 5.46. The summed E-state index contributed by atoms with van der Waals surface area (Å²) in [5.41, 5.74) is 1.10. The van der Waals surface area contributed by atoms with E-state index < -0.39 is 0 Å². The Morgan fingerprint density at radius 2 is 2.16 bits per heavy atom. The third-order valence-electron chi connectivity index (χ3n) is 2.66. The van der Waals surface area contributed by atoms with Crippen LogP contribution in [0.3, 0.4) is 0 Å². The molecule has 19 heavy (non-hydrogen) atoms. The van der Waals surface area contributed by atoms with Crippen LogP contribution in [0.15, 0.2) is 32.8 Å². The highest BCUT2D eigenvalue weighted by Gasteiger charge is 2.18. The average Bonchev–Trinajstić information content (AvgIpc) is 2.75. The molecule has 2 aromatic heterocycles. The lowest BCUT2D eigenvalue weighted by Gasteiger charge is -2.17. The topological polar surface area (TPSA) is 34.2 Å². The molecule has 102 valence electrons. The standard InChI is InChI=1S/C13H14Br2N2OS/c1-3-17-12(11-5-10(14)13(15)19-11)8-4-9(18-2)7-16-6-8/h4-7,12,17H,3H2,1-2H3. The number of methoxy groups -OCH3 is 1.